The number of ketones is 1. The van der Waals surface area contributed by atoms with E-state index < -0.39 is 5.41 Å². The van der Waals surface area contributed by atoms with Gasteiger partial charge in [0.2, 0.25) is 0 Å². The van der Waals surface area contributed by atoms with Crippen molar-refractivity contribution in [2.75, 3.05) is 0 Å². The van der Waals surface area contributed by atoms with Crippen molar-refractivity contribution in [1.82, 2.24) is 0 Å². The highest BCUT2D eigenvalue weighted by Gasteiger charge is 2.41. The smallest absolute Gasteiger partial charge is 0.153 e. The molecule has 0 amide bonds. The Morgan fingerprint density at radius 3 is 2.83 bits per heavy atom. The van der Waals surface area contributed by atoms with Crippen LogP contribution in [-0.4, -0.2) is 5.78 Å². The fourth-order valence-corrected chi connectivity index (χ4v) is 1.85. The van der Waals surface area contributed by atoms with Crippen molar-refractivity contribution >= 4 is 5.78 Å². The van der Waals surface area contributed by atoms with Crippen molar-refractivity contribution in [3.8, 4) is 6.07 Å². The molecule has 0 heterocycles. The van der Waals surface area contributed by atoms with Crippen molar-refractivity contribution in [3.63, 3.8) is 0 Å². The summed E-state index contributed by atoms with van der Waals surface area (Å²) in [7, 11) is 0. The van der Waals surface area contributed by atoms with E-state index in [1.54, 1.807) is 0 Å². The fraction of sp³-hybridized carbons (Fsp3) is 0.800. The molecule has 1 aliphatic rings. The maximum atomic E-state index is 11.4. The van der Waals surface area contributed by atoms with Gasteiger partial charge in [0.15, 0.2) is 5.78 Å². The highest BCUT2D eigenvalue weighted by atomic mass is 16.1. The van der Waals surface area contributed by atoms with Crippen molar-refractivity contribution in [3.05, 3.63) is 0 Å². The molecule has 0 aromatic rings. The minimum Gasteiger partial charge on any atom is -0.298 e. The number of nitriles is 1. The van der Waals surface area contributed by atoms with Gasteiger partial charge in [0.25, 0.3) is 0 Å². The minimum absolute atomic E-state index is 0.179. The van der Waals surface area contributed by atoms with E-state index in [2.05, 4.69) is 13.0 Å². The largest absolute Gasteiger partial charge is 0.298 e. The maximum Gasteiger partial charge on any atom is 0.153 e. The molecule has 2 heteroatoms. The molecule has 1 fully saturated rings. The van der Waals surface area contributed by atoms with Gasteiger partial charge in [-0.15, -0.1) is 0 Å². The van der Waals surface area contributed by atoms with Crippen LogP contribution in [-0.2, 0) is 4.79 Å². The molecule has 1 unspecified atom stereocenters. The topological polar surface area (TPSA) is 40.9 Å². The van der Waals surface area contributed by atoms with Gasteiger partial charge in [0.1, 0.15) is 5.41 Å². The molecule has 0 radical (unpaired) electrons. The molecule has 1 saturated carbocycles. The molecular weight excluding hydrogens is 150 g/mol. The van der Waals surface area contributed by atoms with E-state index in [1.165, 1.54) is 0 Å². The van der Waals surface area contributed by atoms with Crippen molar-refractivity contribution < 1.29 is 4.79 Å². The summed E-state index contributed by atoms with van der Waals surface area (Å²) in [5, 5.41) is 8.94. The Morgan fingerprint density at radius 2 is 2.42 bits per heavy atom. The van der Waals surface area contributed by atoms with Crippen LogP contribution < -0.4 is 0 Å². The van der Waals surface area contributed by atoms with Gasteiger partial charge < -0.3 is 0 Å². The Morgan fingerprint density at radius 1 is 1.67 bits per heavy atom. The Labute approximate surface area is 73.6 Å². The van der Waals surface area contributed by atoms with Gasteiger partial charge in [-0.1, -0.05) is 19.8 Å². The van der Waals surface area contributed by atoms with Gasteiger partial charge in [0, 0.05) is 6.42 Å². The van der Waals surface area contributed by atoms with Crippen LogP contribution in [0.2, 0.25) is 0 Å². The van der Waals surface area contributed by atoms with Crippen LogP contribution in [0.15, 0.2) is 0 Å². The summed E-state index contributed by atoms with van der Waals surface area (Å²) in [6.45, 7) is 2.09. The SMILES string of the molecule is CCCCC1(C#N)CCCC1=O. The molecule has 1 rings (SSSR count). The molecule has 0 saturated heterocycles. The van der Waals surface area contributed by atoms with Crippen molar-refractivity contribution in [1.29, 1.82) is 5.26 Å². The highest BCUT2D eigenvalue weighted by molar-refractivity contribution is 5.89. The zero-order chi connectivity index (χ0) is 9.03. The van der Waals surface area contributed by atoms with Gasteiger partial charge in [-0.05, 0) is 19.3 Å². The molecule has 1 atom stereocenters. The summed E-state index contributed by atoms with van der Waals surface area (Å²) in [5.74, 6) is 0.179. The van der Waals surface area contributed by atoms with Crippen LogP contribution in [0.5, 0.6) is 0 Å². The number of nitrogens with zero attached hydrogens (tertiary/aromatic N) is 1. The van der Waals surface area contributed by atoms with Crippen LogP contribution in [0.25, 0.3) is 0 Å². The van der Waals surface area contributed by atoms with E-state index >= 15 is 0 Å². The first-order valence-electron chi connectivity index (χ1n) is 4.70. The first-order chi connectivity index (χ1) is 5.75. The lowest BCUT2D eigenvalue weighted by molar-refractivity contribution is -0.123. The average Bonchev–Trinajstić information content (AvgIpc) is 2.45. The Hall–Kier alpha value is -0.840. The molecule has 2 nitrogen and oxygen atoms in total. The van der Waals surface area contributed by atoms with Gasteiger partial charge >= 0.3 is 0 Å². The molecule has 66 valence electrons. The Kier molecular flexibility index (Phi) is 2.86. The Bertz CT molecular complexity index is 216. The molecule has 0 aliphatic heterocycles. The van der Waals surface area contributed by atoms with Gasteiger partial charge in [-0.2, -0.15) is 5.26 Å². The van der Waals surface area contributed by atoms with Crippen LogP contribution >= 0.6 is 0 Å². The second-order valence-corrected chi connectivity index (χ2v) is 3.57. The lowest BCUT2D eigenvalue weighted by Crippen LogP contribution is -2.23. The van der Waals surface area contributed by atoms with Crippen molar-refractivity contribution in [2.24, 2.45) is 5.41 Å². The molecule has 0 aromatic heterocycles. The molecule has 0 aromatic carbocycles. The molecule has 0 N–H and O–H groups in total. The number of rotatable bonds is 3. The quantitative estimate of drug-likeness (QED) is 0.644. The highest BCUT2D eigenvalue weighted by Crippen LogP contribution is 2.38. The lowest BCUT2D eigenvalue weighted by atomic mass is 9.82. The summed E-state index contributed by atoms with van der Waals surface area (Å²) in [4.78, 5) is 11.4. The summed E-state index contributed by atoms with van der Waals surface area (Å²) >= 11 is 0. The maximum absolute atomic E-state index is 11.4. The average molecular weight is 165 g/mol. The van der Waals surface area contributed by atoms with E-state index in [0.717, 1.165) is 32.1 Å². The minimum atomic E-state index is -0.587. The number of hydrogen-bond donors (Lipinski definition) is 0. The third-order valence-electron chi connectivity index (χ3n) is 2.71. The number of hydrogen-bond acceptors (Lipinski definition) is 2. The zero-order valence-corrected chi connectivity index (χ0v) is 7.60. The molecule has 12 heavy (non-hydrogen) atoms. The number of Topliss-reactive ketones (excluding diaryl/α,β-unsaturated/α-hetero) is 1. The van der Waals surface area contributed by atoms with Crippen LogP contribution in [0, 0.1) is 16.7 Å². The molecule has 1 aliphatic carbocycles. The number of unbranched alkanes of at least 4 members (excludes halogenated alkanes) is 1. The fourth-order valence-electron chi connectivity index (χ4n) is 1.85. The van der Waals surface area contributed by atoms with Crippen LogP contribution in [0.1, 0.15) is 45.4 Å². The first-order valence-corrected chi connectivity index (χ1v) is 4.70. The molecule has 0 spiro atoms. The predicted molar refractivity (Wildman–Crippen MR) is 46.4 cm³/mol. The second-order valence-electron chi connectivity index (χ2n) is 3.57. The third-order valence-corrected chi connectivity index (χ3v) is 2.71. The molecule has 0 bridgehead atoms. The van der Waals surface area contributed by atoms with Gasteiger partial charge in [-0.3, -0.25) is 4.79 Å². The summed E-state index contributed by atoms with van der Waals surface area (Å²) in [5.41, 5.74) is -0.587. The van der Waals surface area contributed by atoms with E-state index in [0.29, 0.717) is 6.42 Å². The van der Waals surface area contributed by atoms with Crippen LogP contribution in [0.3, 0.4) is 0 Å². The van der Waals surface area contributed by atoms with Crippen LogP contribution in [0.4, 0.5) is 0 Å². The number of carbonyl (C=O) groups excluding carboxylic acids is 1. The van der Waals surface area contributed by atoms with Gasteiger partial charge in [0.05, 0.1) is 6.07 Å². The van der Waals surface area contributed by atoms with E-state index in [-0.39, 0.29) is 5.78 Å². The Balaban J connectivity index is 2.63. The summed E-state index contributed by atoms with van der Waals surface area (Å²) in [6.07, 6.45) is 5.17. The first kappa shape index (κ1) is 9.25. The normalized spacial score (nSPS) is 28.8. The lowest BCUT2D eigenvalue weighted by Gasteiger charge is -2.17. The summed E-state index contributed by atoms with van der Waals surface area (Å²) < 4.78 is 0. The monoisotopic (exact) mass is 165 g/mol. The second kappa shape index (κ2) is 3.71. The van der Waals surface area contributed by atoms with E-state index in [1.807, 2.05) is 0 Å². The predicted octanol–water partition coefficient (Wildman–Crippen LogP) is 2.44. The molecular formula is C10H15NO. The third kappa shape index (κ3) is 1.50. The number of carbonyl (C=O) groups is 1. The van der Waals surface area contributed by atoms with Crippen molar-refractivity contribution in [2.45, 2.75) is 45.4 Å². The van der Waals surface area contributed by atoms with E-state index in [9.17, 15) is 4.79 Å². The van der Waals surface area contributed by atoms with Gasteiger partial charge in [-0.25, -0.2) is 0 Å². The standard InChI is InChI=1S/C10H15NO/c1-2-3-6-10(8-11)7-4-5-9(10)12/h2-7H2,1H3. The summed E-state index contributed by atoms with van der Waals surface area (Å²) in [6, 6.07) is 2.21. The zero-order valence-electron chi connectivity index (χ0n) is 7.60. The van der Waals surface area contributed by atoms with E-state index in [4.69, 9.17) is 5.26 Å².